The molecule has 0 saturated carbocycles. The molecule has 1 aliphatic heterocycles. The van der Waals surface area contributed by atoms with E-state index >= 15 is 0 Å². The highest BCUT2D eigenvalue weighted by molar-refractivity contribution is 7.98. The maximum Gasteiger partial charge on any atom is 0.282 e. The molecule has 0 bridgehead atoms. The SMILES string of the molecule is CSc1ccc([N+](=O)[O-])c(C(=O)N2CCC(CN)C2)c1. The average molecular weight is 295 g/mol. The molecule has 7 heteroatoms. The number of benzene rings is 1. The van der Waals surface area contributed by atoms with Crippen LogP contribution in [-0.4, -0.2) is 41.6 Å². The van der Waals surface area contributed by atoms with Crippen LogP contribution in [0.5, 0.6) is 0 Å². The Kier molecular flexibility index (Phi) is 4.61. The fourth-order valence-corrected chi connectivity index (χ4v) is 2.79. The van der Waals surface area contributed by atoms with Crippen molar-refractivity contribution in [2.75, 3.05) is 25.9 Å². The zero-order valence-corrected chi connectivity index (χ0v) is 12.1. The highest BCUT2D eigenvalue weighted by Crippen LogP contribution is 2.27. The number of carbonyl (C=O) groups excluding carboxylic acids is 1. The molecule has 1 aliphatic rings. The molecule has 20 heavy (non-hydrogen) atoms. The van der Waals surface area contributed by atoms with Gasteiger partial charge in [-0.05, 0) is 37.3 Å². The Balaban J connectivity index is 2.30. The van der Waals surface area contributed by atoms with Crippen LogP contribution < -0.4 is 5.73 Å². The van der Waals surface area contributed by atoms with Gasteiger partial charge in [0.2, 0.25) is 0 Å². The van der Waals surface area contributed by atoms with Gasteiger partial charge < -0.3 is 10.6 Å². The Morgan fingerprint density at radius 3 is 2.90 bits per heavy atom. The maximum absolute atomic E-state index is 12.5. The monoisotopic (exact) mass is 295 g/mol. The zero-order valence-electron chi connectivity index (χ0n) is 11.2. The van der Waals surface area contributed by atoms with E-state index in [1.807, 2.05) is 6.26 Å². The summed E-state index contributed by atoms with van der Waals surface area (Å²) >= 11 is 1.46. The van der Waals surface area contributed by atoms with Crippen molar-refractivity contribution >= 4 is 23.4 Å². The zero-order chi connectivity index (χ0) is 14.7. The minimum atomic E-state index is -0.506. The van der Waals surface area contributed by atoms with Crippen LogP contribution in [0.4, 0.5) is 5.69 Å². The fraction of sp³-hybridized carbons (Fsp3) is 0.462. The van der Waals surface area contributed by atoms with Gasteiger partial charge in [0.05, 0.1) is 4.92 Å². The van der Waals surface area contributed by atoms with E-state index in [1.54, 1.807) is 17.0 Å². The molecular weight excluding hydrogens is 278 g/mol. The first-order valence-electron chi connectivity index (χ1n) is 6.38. The summed E-state index contributed by atoms with van der Waals surface area (Å²) < 4.78 is 0. The molecule has 108 valence electrons. The number of hydrogen-bond acceptors (Lipinski definition) is 5. The maximum atomic E-state index is 12.5. The Hall–Kier alpha value is -1.60. The first-order valence-corrected chi connectivity index (χ1v) is 7.61. The molecule has 1 unspecified atom stereocenters. The molecule has 1 saturated heterocycles. The van der Waals surface area contributed by atoms with Gasteiger partial charge in [0.25, 0.3) is 11.6 Å². The molecule has 0 aromatic heterocycles. The topological polar surface area (TPSA) is 89.5 Å². The van der Waals surface area contributed by atoms with Gasteiger partial charge in [0.1, 0.15) is 5.56 Å². The van der Waals surface area contributed by atoms with E-state index < -0.39 is 4.92 Å². The van der Waals surface area contributed by atoms with Gasteiger partial charge in [-0.2, -0.15) is 0 Å². The van der Waals surface area contributed by atoms with Crippen molar-refractivity contribution in [1.82, 2.24) is 4.90 Å². The number of amides is 1. The smallest absolute Gasteiger partial charge is 0.282 e. The van der Waals surface area contributed by atoms with Crippen LogP contribution in [0, 0.1) is 16.0 Å². The normalized spacial score (nSPS) is 18.3. The van der Waals surface area contributed by atoms with Gasteiger partial charge in [-0.3, -0.25) is 14.9 Å². The van der Waals surface area contributed by atoms with Crippen LogP contribution in [0.1, 0.15) is 16.8 Å². The fourth-order valence-electron chi connectivity index (χ4n) is 2.35. The van der Waals surface area contributed by atoms with Crippen molar-refractivity contribution in [3.63, 3.8) is 0 Å². The van der Waals surface area contributed by atoms with Gasteiger partial charge in [-0.15, -0.1) is 11.8 Å². The van der Waals surface area contributed by atoms with E-state index in [-0.39, 0.29) is 17.2 Å². The first kappa shape index (κ1) is 14.8. The number of nitro groups is 1. The molecule has 1 atom stereocenters. The molecule has 0 aliphatic carbocycles. The number of likely N-dealkylation sites (tertiary alicyclic amines) is 1. The molecule has 1 aromatic carbocycles. The van der Waals surface area contributed by atoms with Crippen LogP contribution in [0.15, 0.2) is 23.1 Å². The third-order valence-electron chi connectivity index (χ3n) is 3.54. The Bertz CT molecular complexity index is 536. The van der Waals surface area contributed by atoms with E-state index in [9.17, 15) is 14.9 Å². The quantitative estimate of drug-likeness (QED) is 0.519. The van der Waals surface area contributed by atoms with E-state index in [0.717, 1.165) is 11.3 Å². The first-order chi connectivity index (χ1) is 9.56. The average Bonchev–Trinajstić information content (AvgIpc) is 2.94. The summed E-state index contributed by atoms with van der Waals surface area (Å²) in [6, 6.07) is 4.66. The summed E-state index contributed by atoms with van der Waals surface area (Å²) in [5.41, 5.74) is 5.64. The van der Waals surface area contributed by atoms with E-state index in [0.29, 0.717) is 25.6 Å². The molecule has 1 amide bonds. The van der Waals surface area contributed by atoms with Crippen molar-refractivity contribution in [3.8, 4) is 0 Å². The Morgan fingerprint density at radius 1 is 1.60 bits per heavy atom. The molecule has 2 N–H and O–H groups in total. The number of carbonyl (C=O) groups is 1. The molecule has 6 nitrogen and oxygen atoms in total. The molecule has 1 heterocycles. The number of rotatable bonds is 4. The standard InChI is InChI=1S/C13H17N3O3S/c1-20-10-2-3-12(16(18)19)11(6-10)13(17)15-5-4-9(7-14)8-15/h2-3,6,9H,4-5,7-8,14H2,1H3. The Morgan fingerprint density at radius 2 is 2.35 bits per heavy atom. The van der Waals surface area contributed by atoms with Gasteiger partial charge >= 0.3 is 0 Å². The lowest BCUT2D eigenvalue weighted by atomic mass is 10.1. The van der Waals surface area contributed by atoms with Crippen molar-refractivity contribution in [1.29, 1.82) is 0 Å². The molecular formula is C13H17N3O3S. The van der Waals surface area contributed by atoms with Crippen molar-refractivity contribution < 1.29 is 9.72 Å². The number of thioether (sulfide) groups is 1. The second kappa shape index (κ2) is 6.23. The lowest BCUT2D eigenvalue weighted by Crippen LogP contribution is -2.30. The Labute approximate surface area is 121 Å². The molecule has 1 aromatic rings. The summed E-state index contributed by atoms with van der Waals surface area (Å²) in [5.74, 6) is 0.0188. The van der Waals surface area contributed by atoms with Gasteiger partial charge in [-0.25, -0.2) is 0 Å². The van der Waals surface area contributed by atoms with Crippen LogP contribution in [-0.2, 0) is 0 Å². The van der Waals surface area contributed by atoms with E-state index in [1.165, 1.54) is 17.8 Å². The van der Waals surface area contributed by atoms with Crippen LogP contribution >= 0.6 is 11.8 Å². The second-order valence-electron chi connectivity index (χ2n) is 4.78. The number of hydrogen-bond donors (Lipinski definition) is 1. The van der Waals surface area contributed by atoms with E-state index in [2.05, 4.69) is 0 Å². The van der Waals surface area contributed by atoms with Gasteiger partial charge in [0, 0.05) is 24.1 Å². The summed E-state index contributed by atoms with van der Waals surface area (Å²) in [6.45, 7) is 1.73. The van der Waals surface area contributed by atoms with E-state index in [4.69, 9.17) is 5.73 Å². The van der Waals surface area contributed by atoms with Gasteiger partial charge in [0.15, 0.2) is 0 Å². The van der Waals surface area contributed by atoms with Crippen molar-refractivity contribution in [2.45, 2.75) is 11.3 Å². The van der Waals surface area contributed by atoms with Crippen LogP contribution in [0.3, 0.4) is 0 Å². The molecule has 0 radical (unpaired) electrons. The predicted molar refractivity (Wildman–Crippen MR) is 77.9 cm³/mol. The van der Waals surface area contributed by atoms with Gasteiger partial charge in [-0.1, -0.05) is 0 Å². The van der Waals surface area contributed by atoms with Crippen molar-refractivity contribution in [2.24, 2.45) is 11.7 Å². The summed E-state index contributed by atoms with van der Waals surface area (Å²) in [4.78, 5) is 25.5. The van der Waals surface area contributed by atoms with Crippen molar-refractivity contribution in [3.05, 3.63) is 33.9 Å². The number of nitro benzene ring substituents is 1. The third-order valence-corrected chi connectivity index (χ3v) is 4.26. The number of nitrogens with two attached hydrogens (primary N) is 1. The predicted octanol–water partition coefficient (Wildman–Crippen LogP) is 1.74. The lowest BCUT2D eigenvalue weighted by molar-refractivity contribution is -0.385. The third kappa shape index (κ3) is 2.94. The highest BCUT2D eigenvalue weighted by atomic mass is 32.2. The minimum Gasteiger partial charge on any atom is -0.338 e. The largest absolute Gasteiger partial charge is 0.338 e. The lowest BCUT2D eigenvalue weighted by Gasteiger charge is -2.16. The summed E-state index contributed by atoms with van der Waals surface area (Å²) in [7, 11) is 0. The van der Waals surface area contributed by atoms with Crippen LogP contribution in [0.2, 0.25) is 0 Å². The minimum absolute atomic E-state index is 0.135. The molecule has 2 rings (SSSR count). The highest BCUT2D eigenvalue weighted by Gasteiger charge is 2.30. The van der Waals surface area contributed by atoms with Crippen LogP contribution in [0.25, 0.3) is 0 Å². The molecule has 1 fully saturated rings. The summed E-state index contributed by atoms with van der Waals surface area (Å²) in [6.07, 6.45) is 2.73. The second-order valence-corrected chi connectivity index (χ2v) is 5.66. The number of nitrogens with zero attached hydrogens (tertiary/aromatic N) is 2. The molecule has 0 spiro atoms. The summed E-state index contributed by atoms with van der Waals surface area (Å²) in [5, 5.41) is 11.1.